The first-order valence-electron chi connectivity index (χ1n) is 6.29. The van der Waals surface area contributed by atoms with Crippen molar-refractivity contribution in [3.05, 3.63) is 35.9 Å². The molecule has 1 aliphatic carbocycles. The average molecular weight is 269 g/mol. The Bertz CT molecular complexity index is 377. The number of halogens is 1. The van der Waals surface area contributed by atoms with Crippen LogP contribution in [0, 0.1) is 0 Å². The van der Waals surface area contributed by atoms with E-state index in [9.17, 15) is 4.79 Å². The Hall–Kier alpha value is -1.06. The lowest BCUT2D eigenvalue weighted by Gasteiger charge is -2.16. The Morgan fingerprint density at radius 3 is 2.50 bits per heavy atom. The van der Waals surface area contributed by atoms with E-state index in [0.29, 0.717) is 13.0 Å². The normalized spacial score (nSPS) is 15.6. The molecule has 0 unspecified atom stereocenters. The lowest BCUT2D eigenvalue weighted by molar-refractivity contribution is -0.121. The summed E-state index contributed by atoms with van der Waals surface area (Å²) in [6.07, 6.45) is 3.66. The predicted molar refractivity (Wildman–Crippen MR) is 75.9 cm³/mol. The molecule has 3 N–H and O–H groups in total. The molecule has 1 aromatic rings. The second-order valence-electron chi connectivity index (χ2n) is 4.82. The quantitative estimate of drug-likeness (QED) is 0.829. The van der Waals surface area contributed by atoms with E-state index in [0.717, 1.165) is 13.0 Å². The van der Waals surface area contributed by atoms with Crippen molar-refractivity contribution < 1.29 is 4.79 Å². The summed E-state index contributed by atoms with van der Waals surface area (Å²) < 4.78 is 0. The zero-order valence-corrected chi connectivity index (χ0v) is 11.3. The van der Waals surface area contributed by atoms with E-state index >= 15 is 0 Å². The Morgan fingerprint density at radius 2 is 1.94 bits per heavy atom. The number of benzene rings is 1. The number of nitrogens with one attached hydrogen (secondary N) is 1. The van der Waals surface area contributed by atoms with Gasteiger partial charge in [0.1, 0.15) is 0 Å². The summed E-state index contributed by atoms with van der Waals surface area (Å²) >= 11 is 0. The zero-order chi connectivity index (χ0) is 12.1. The van der Waals surface area contributed by atoms with Crippen LogP contribution in [-0.4, -0.2) is 19.0 Å². The minimum absolute atomic E-state index is 0. The van der Waals surface area contributed by atoms with Gasteiger partial charge in [-0.2, -0.15) is 0 Å². The van der Waals surface area contributed by atoms with E-state index in [4.69, 9.17) is 5.73 Å². The predicted octanol–water partition coefficient (Wildman–Crippen LogP) is 2.00. The first kappa shape index (κ1) is 15.0. The number of rotatable bonds is 6. The van der Waals surface area contributed by atoms with Gasteiger partial charge in [-0.25, -0.2) is 0 Å². The van der Waals surface area contributed by atoms with Gasteiger partial charge in [0.05, 0.1) is 0 Å². The number of carbonyl (C=O) groups is 1. The van der Waals surface area contributed by atoms with Crippen LogP contribution < -0.4 is 11.1 Å². The molecule has 4 heteroatoms. The van der Waals surface area contributed by atoms with Crippen molar-refractivity contribution in [3.63, 3.8) is 0 Å². The standard InChI is InChI=1S/C14H20N2O.ClH/c15-10-4-7-13(17)16-11-14(8-9-14)12-5-2-1-3-6-12;/h1-3,5-6H,4,7-11,15H2,(H,16,17);1H. The van der Waals surface area contributed by atoms with E-state index in [2.05, 4.69) is 29.6 Å². The summed E-state index contributed by atoms with van der Waals surface area (Å²) in [4.78, 5) is 11.5. The molecule has 0 heterocycles. The van der Waals surface area contributed by atoms with Crippen LogP contribution >= 0.6 is 12.4 Å². The van der Waals surface area contributed by atoms with Crippen molar-refractivity contribution in [2.75, 3.05) is 13.1 Å². The van der Waals surface area contributed by atoms with Gasteiger partial charge in [-0.1, -0.05) is 30.3 Å². The van der Waals surface area contributed by atoms with Crippen molar-refractivity contribution in [3.8, 4) is 0 Å². The third-order valence-electron chi connectivity index (χ3n) is 3.47. The van der Waals surface area contributed by atoms with Gasteiger partial charge in [-0.3, -0.25) is 4.79 Å². The Labute approximate surface area is 115 Å². The Kier molecular flexibility index (Phi) is 5.63. The molecular weight excluding hydrogens is 248 g/mol. The molecule has 3 nitrogen and oxygen atoms in total. The lowest BCUT2D eigenvalue weighted by Crippen LogP contribution is -2.32. The van der Waals surface area contributed by atoms with Crippen LogP contribution in [0.5, 0.6) is 0 Å². The highest BCUT2D eigenvalue weighted by atomic mass is 35.5. The number of hydrogen-bond donors (Lipinski definition) is 2. The second-order valence-corrected chi connectivity index (χ2v) is 4.82. The second kappa shape index (κ2) is 6.76. The summed E-state index contributed by atoms with van der Waals surface area (Å²) in [5.74, 6) is 0.123. The average Bonchev–Trinajstić information content (AvgIpc) is 3.16. The fourth-order valence-electron chi connectivity index (χ4n) is 2.13. The molecule has 1 fully saturated rings. The van der Waals surface area contributed by atoms with Crippen molar-refractivity contribution in [1.29, 1.82) is 0 Å². The lowest BCUT2D eigenvalue weighted by atomic mass is 9.96. The van der Waals surface area contributed by atoms with E-state index in [1.807, 2.05) is 6.07 Å². The van der Waals surface area contributed by atoms with Crippen molar-refractivity contribution in [2.24, 2.45) is 5.73 Å². The van der Waals surface area contributed by atoms with Gasteiger partial charge in [0.2, 0.25) is 5.91 Å². The van der Waals surface area contributed by atoms with Crippen LogP contribution in [0.3, 0.4) is 0 Å². The van der Waals surface area contributed by atoms with E-state index in [-0.39, 0.29) is 23.7 Å². The third kappa shape index (κ3) is 3.72. The Morgan fingerprint density at radius 1 is 1.28 bits per heavy atom. The van der Waals surface area contributed by atoms with E-state index < -0.39 is 0 Å². The summed E-state index contributed by atoms with van der Waals surface area (Å²) in [7, 11) is 0. The maximum absolute atomic E-state index is 11.5. The highest BCUT2D eigenvalue weighted by molar-refractivity contribution is 5.85. The van der Waals surface area contributed by atoms with Crippen LogP contribution in [0.2, 0.25) is 0 Å². The van der Waals surface area contributed by atoms with Crippen LogP contribution in [0.25, 0.3) is 0 Å². The third-order valence-corrected chi connectivity index (χ3v) is 3.47. The summed E-state index contributed by atoms with van der Waals surface area (Å²) in [5.41, 5.74) is 6.94. The number of amides is 1. The number of nitrogens with two attached hydrogens (primary N) is 1. The molecular formula is C14H21ClN2O. The van der Waals surface area contributed by atoms with E-state index in [1.54, 1.807) is 0 Å². The maximum atomic E-state index is 11.5. The van der Waals surface area contributed by atoms with Gasteiger partial charge in [-0.15, -0.1) is 12.4 Å². The molecule has 1 saturated carbocycles. The van der Waals surface area contributed by atoms with Crippen molar-refractivity contribution >= 4 is 18.3 Å². The Balaban J connectivity index is 0.00000162. The molecule has 0 bridgehead atoms. The molecule has 100 valence electrons. The summed E-state index contributed by atoms with van der Waals surface area (Å²) in [5, 5.41) is 3.02. The molecule has 1 aliphatic rings. The molecule has 0 aromatic heterocycles. The zero-order valence-electron chi connectivity index (χ0n) is 10.5. The SMILES string of the molecule is Cl.NCCCC(=O)NCC1(c2ccccc2)CC1. The van der Waals surface area contributed by atoms with Crippen LogP contribution in [0.15, 0.2) is 30.3 Å². The molecule has 0 atom stereocenters. The molecule has 18 heavy (non-hydrogen) atoms. The minimum atomic E-state index is 0. The summed E-state index contributed by atoms with van der Waals surface area (Å²) in [6.45, 7) is 1.34. The first-order valence-corrected chi connectivity index (χ1v) is 6.29. The fraction of sp³-hybridized carbons (Fsp3) is 0.500. The maximum Gasteiger partial charge on any atom is 0.220 e. The molecule has 0 spiro atoms. The van der Waals surface area contributed by atoms with Crippen LogP contribution in [0.1, 0.15) is 31.2 Å². The largest absolute Gasteiger partial charge is 0.355 e. The monoisotopic (exact) mass is 268 g/mol. The molecule has 1 aromatic carbocycles. The van der Waals surface area contributed by atoms with Gasteiger partial charge in [0.15, 0.2) is 0 Å². The number of hydrogen-bond acceptors (Lipinski definition) is 2. The molecule has 2 rings (SSSR count). The first-order chi connectivity index (χ1) is 8.27. The fourth-order valence-corrected chi connectivity index (χ4v) is 2.13. The van der Waals surface area contributed by atoms with Gasteiger partial charge in [-0.05, 0) is 31.4 Å². The number of carbonyl (C=O) groups excluding carboxylic acids is 1. The highest BCUT2D eigenvalue weighted by Gasteiger charge is 2.44. The smallest absolute Gasteiger partial charge is 0.220 e. The van der Waals surface area contributed by atoms with Crippen LogP contribution in [0.4, 0.5) is 0 Å². The molecule has 0 radical (unpaired) electrons. The van der Waals surface area contributed by atoms with Gasteiger partial charge < -0.3 is 11.1 Å². The van der Waals surface area contributed by atoms with Gasteiger partial charge in [0, 0.05) is 18.4 Å². The van der Waals surface area contributed by atoms with E-state index in [1.165, 1.54) is 18.4 Å². The van der Waals surface area contributed by atoms with Crippen LogP contribution in [-0.2, 0) is 10.2 Å². The summed E-state index contributed by atoms with van der Waals surface area (Å²) in [6, 6.07) is 10.5. The molecule has 1 amide bonds. The highest BCUT2D eigenvalue weighted by Crippen LogP contribution is 2.47. The van der Waals surface area contributed by atoms with Crippen molar-refractivity contribution in [2.45, 2.75) is 31.1 Å². The van der Waals surface area contributed by atoms with Crippen molar-refractivity contribution in [1.82, 2.24) is 5.32 Å². The molecule has 0 aliphatic heterocycles. The minimum Gasteiger partial charge on any atom is -0.355 e. The van der Waals surface area contributed by atoms with Gasteiger partial charge in [0.25, 0.3) is 0 Å². The van der Waals surface area contributed by atoms with Gasteiger partial charge >= 0.3 is 0 Å². The topological polar surface area (TPSA) is 55.1 Å². The molecule has 0 saturated heterocycles.